The summed E-state index contributed by atoms with van der Waals surface area (Å²) in [4.78, 5) is 9.07. The largest absolute Gasteiger partial charge is 0.357 e. The van der Waals surface area contributed by atoms with Crippen LogP contribution in [0.15, 0.2) is 58.5 Å². The summed E-state index contributed by atoms with van der Waals surface area (Å²) in [6.45, 7) is 8.88. The molecule has 28 heavy (non-hydrogen) atoms. The lowest BCUT2D eigenvalue weighted by Crippen LogP contribution is -2.40. The van der Waals surface area contributed by atoms with Crippen molar-refractivity contribution in [1.82, 2.24) is 20.3 Å². The minimum atomic E-state index is -3.63. The van der Waals surface area contributed by atoms with Gasteiger partial charge in [-0.25, -0.2) is 18.1 Å². The molecule has 7 nitrogen and oxygen atoms in total. The highest BCUT2D eigenvalue weighted by Gasteiger charge is 2.24. The van der Waals surface area contributed by atoms with Crippen molar-refractivity contribution in [3.63, 3.8) is 0 Å². The van der Waals surface area contributed by atoms with Gasteiger partial charge in [0.05, 0.1) is 23.7 Å². The van der Waals surface area contributed by atoms with E-state index in [0.29, 0.717) is 24.6 Å². The minimum Gasteiger partial charge on any atom is -0.357 e. The number of pyridine rings is 1. The second kappa shape index (κ2) is 9.66. The van der Waals surface area contributed by atoms with Crippen LogP contribution < -0.4 is 15.4 Å². The Hall–Kier alpha value is -2.45. The van der Waals surface area contributed by atoms with Crippen molar-refractivity contribution in [2.24, 2.45) is 4.99 Å². The van der Waals surface area contributed by atoms with Gasteiger partial charge in [-0.2, -0.15) is 0 Å². The quantitative estimate of drug-likeness (QED) is 0.487. The van der Waals surface area contributed by atoms with Crippen LogP contribution in [0.3, 0.4) is 0 Å². The first-order valence-corrected chi connectivity index (χ1v) is 10.7. The second-order valence-electron chi connectivity index (χ2n) is 7.33. The molecule has 8 heteroatoms. The van der Waals surface area contributed by atoms with E-state index < -0.39 is 15.6 Å². The third kappa shape index (κ3) is 6.94. The van der Waals surface area contributed by atoms with Gasteiger partial charge >= 0.3 is 0 Å². The molecule has 1 aromatic carbocycles. The van der Waals surface area contributed by atoms with Gasteiger partial charge in [0.25, 0.3) is 0 Å². The third-order valence-corrected chi connectivity index (χ3v) is 5.48. The maximum Gasteiger partial charge on any atom is 0.241 e. The lowest BCUT2D eigenvalue weighted by atomic mass is 10.1. The Kier molecular flexibility index (Phi) is 7.53. The molecule has 0 amide bonds. The molecule has 0 fully saturated rings. The van der Waals surface area contributed by atoms with Crippen molar-refractivity contribution in [1.29, 1.82) is 0 Å². The van der Waals surface area contributed by atoms with Crippen molar-refractivity contribution in [2.75, 3.05) is 6.54 Å². The first-order chi connectivity index (χ1) is 13.2. The topological polar surface area (TPSA) is 95.5 Å². The molecule has 1 heterocycles. The van der Waals surface area contributed by atoms with E-state index in [9.17, 15) is 8.42 Å². The second-order valence-corrected chi connectivity index (χ2v) is 8.98. The zero-order valence-corrected chi connectivity index (χ0v) is 17.7. The van der Waals surface area contributed by atoms with E-state index in [2.05, 4.69) is 25.3 Å². The summed E-state index contributed by atoms with van der Waals surface area (Å²) in [5.41, 5.74) is 0.966. The van der Waals surface area contributed by atoms with Gasteiger partial charge in [0, 0.05) is 18.3 Å². The number of hydrogen-bond acceptors (Lipinski definition) is 4. The van der Waals surface area contributed by atoms with Crippen LogP contribution in [-0.4, -0.2) is 31.4 Å². The average molecular weight is 404 g/mol. The summed E-state index contributed by atoms with van der Waals surface area (Å²) in [5, 5.41) is 6.38. The molecule has 2 rings (SSSR count). The highest BCUT2D eigenvalue weighted by atomic mass is 32.2. The standard InChI is InChI=1S/C20H29N5O2S/c1-5-21-19(24-15-17-11-8-9-13-22-17)23-14-16-10-6-7-12-18(16)28(26,27)25-20(2,3)4/h6-13,25H,5,14-15H2,1-4H3,(H2,21,23,24). The van der Waals surface area contributed by atoms with Gasteiger partial charge < -0.3 is 10.6 Å². The van der Waals surface area contributed by atoms with E-state index in [4.69, 9.17) is 0 Å². The van der Waals surface area contributed by atoms with Gasteiger partial charge in [-0.15, -0.1) is 0 Å². The van der Waals surface area contributed by atoms with E-state index in [-0.39, 0.29) is 11.4 Å². The van der Waals surface area contributed by atoms with Gasteiger partial charge in [-0.3, -0.25) is 4.98 Å². The number of hydrogen-bond donors (Lipinski definition) is 3. The number of aromatic nitrogens is 1. The normalized spacial score (nSPS) is 12.6. The molecule has 0 saturated heterocycles. The van der Waals surface area contributed by atoms with E-state index in [0.717, 1.165) is 5.69 Å². The van der Waals surface area contributed by atoms with Gasteiger partial charge in [0.1, 0.15) is 0 Å². The van der Waals surface area contributed by atoms with Crippen LogP contribution in [0.4, 0.5) is 0 Å². The van der Waals surface area contributed by atoms with Crippen LogP contribution in [0.5, 0.6) is 0 Å². The van der Waals surface area contributed by atoms with Crippen molar-refractivity contribution in [3.8, 4) is 0 Å². The summed E-state index contributed by atoms with van der Waals surface area (Å²) >= 11 is 0. The first kappa shape index (κ1) is 21.8. The Bertz CT molecular complexity index is 890. The molecule has 0 bridgehead atoms. The number of nitrogens with one attached hydrogen (secondary N) is 3. The molecule has 2 aromatic rings. The molecule has 0 saturated carbocycles. The average Bonchev–Trinajstić information content (AvgIpc) is 2.63. The molecule has 0 unspecified atom stereocenters. The van der Waals surface area contributed by atoms with Gasteiger partial charge in [0.15, 0.2) is 5.96 Å². The third-order valence-electron chi connectivity index (χ3n) is 3.62. The van der Waals surface area contributed by atoms with E-state index in [1.807, 2.05) is 52.0 Å². The van der Waals surface area contributed by atoms with Crippen LogP contribution in [0.25, 0.3) is 0 Å². The first-order valence-electron chi connectivity index (χ1n) is 9.25. The molecule has 152 valence electrons. The smallest absolute Gasteiger partial charge is 0.241 e. The summed E-state index contributed by atoms with van der Waals surface area (Å²) in [5.74, 6) is 0.601. The number of benzene rings is 1. The lowest BCUT2D eigenvalue weighted by molar-refractivity contribution is 0.491. The lowest BCUT2D eigenvalue weighted by Gasteiger charge is -2.21. The molecule has 0 spiro atoms. The van der Waals surface area contributed by atoms with Crippen LogP contribution >= 0.6 is 0 Å². The highest BCUT2D eigenvalue weighted by molar-refractivity contribution is 7.89. The number of guanidine groups is 1. The predicted octanol–water partition coefficient (Wildman–Crippen LogP) is 2.41. The Balaban J connectivity index is 2.18. The number of sulfonamides is 1. The van der Waals surface area contributed by atoms with Crippen molar-refractivity contribution in [2.45, 2.75) is 51.2 Å². The monoisotopic (exact) mass is 403 g/mol. The molecular formula is C20H29N5O2S. The number of aliphatic imine (C=N–C) groups is 1. The Morgan fingerprint density at radius 1 is 1.07 bits per heavy atom. The summed E-state index contributed by atoms with van der Waals surface area (Å²) in [6, 6.07) is 12.6. The minimum absolute atomic E-state index is 0.235. The van der Waals surface area contributed by atoms with E-state index in [1.165, 1.54) is 0 Å². The zero-order chi connectivity index (χ0) is 20.6. The molecule has 0 atom stereocenters. The molecule has 3 N–H and O–H groups in total. The van der Waals surface area contributed by atoms with E-state index in [1.54, 1.807) is 24.4 Å². The van der Waals surface area contributed by atoms with Gasteiger partial charge in [0.2, 0.25) is 10.0 Å². The maximum absolute atomic E-state index is 12.8. The summed E-state index contributed by atoms with van der Waals surface area (Å²) in [7, 11) is -3.63. The summed E-state index contributed by atoms with van der Waals surface area (Å²) in [6.07, 6.45) is 1.74. The molecule has 0 radical (unpaired) electrons. The molecule has 0 aliphatic rings. The Morgan fingerprint density at radius 3 is 2.43 bits per heavy atom. The Morgan fingerprint density at radius 2 is 1.79 bits per heavy atom. The van der Waals surface area contributed by atoms with Gasteiger partial charge in [-0.1, -0.05) is 24.3 Å². The van der Waals surface area contributed by atoms with E-state index >= 15 is 0 Å². The molecule has 0 aliphatic heterocycles. The van der Waals surface area contributed by atoms with Crippen LogP contribution in [0.2, 0.25) is 0 Å². The predicted molar refractivity (Wildman–Crippen MR) is 112 cm³/mol. The van der Waals surface area contributed by atoms with Crippen LogP contribution in [-0.2, 0) is 23.1 Å². The Labute approximate surface area is 167 Å². The van der Waals surface area contributed by atoms with Gasteiger partial charge in [-0.05, 0) is 51.5 Å². The van der Waals surface area contributed by atoms with Crippen LogP contribution in [0, 0.1) is 0 Å². The van der Waals surface area contributed by atoms with Crippen molar-refractivity contribution >= 4 is 16.0 Å². The fraction of sp³-hybridized carbons (Fsp3) is 0.400. The SMILES string of the molecule is CCNC(=NCc1ccccc1S(=O)(=O)NC(C)(C)C)NCc1ccccn1. The highest BCUT2D eigenvalue weighted by Crippen LogP contribution is 2.18. The number of rotatable bonds is 7. The van der Waals surface area contributed by atoms with Crippen LogP contribution in [0.1, 0.15) is 39.0 Å². The van der Waals surface area contributed by atoms with Crippen molar-refractivity contribution in [3.05, 3.63) is 59.9 Å². The fourth-order valence-corrected chi connectivity index (χ4v) is 4.19. The number of nitrogens with zero attached hydrogens (tertiary/aromatic N) is 2. The molecular weight excluding hydrogens is 374 g/mol. The summed E-state index contributed by atoms with van der Waals surface area (Å²) < 4.78 is 28.2. The maximum atomic E-state index is 12.8. The molecule has 1 aromatic heterocycles. The van der Waals surface area contributed by atoms with Crippen molar-refractivity contribution < 1.29 is 8.42 Å². The molecule has 0 aliphatic carbocycles. The zero-order valence-electron chi connectivity index (χ0n) is 16.9. The fourth-order valence-electron chi connectivity index (χ4n) is 2.54.